The molecule has 1 fully saturated rings. The maximum atomic E-state index is 5.21. The average molecular weight is 249 g/mol. The Bertz CT molecular complexity index is 320. The molecule has 0 spiro atoms. The fraction of sp³-hybridized carbons (Fsp3) is 0.750. The highest BCUT2D eigenvalue weighted by Crippen LogP contribution is 2.34. The number of nitrogens with one attached hydrogen (secondary N) is 1. The molecule has 0 aliphatic heterocycles. The summed E-state index contributed by atoms with van der Waals surface area (Å²) in [5.41, 5.74) is 1.36. The summed E-state index contributed by atoms with van der Waals surface area (Å²) in [6, 6.07) is 2.82. The van der Waals surface area contributed by atoms with Crippen LogP contribution in [0.2, 0.25) is 0 Å². The molecule has 1 N–H and O–H groups in total. The van der Waals surface area contributed by atoms with Gasteiger partial charge in [0.05, 0.1) is 12.5 Å². The molecule has 102 valence electrons. The molecule has 2 rings (SSSR count). The van der Waals surface area contributed by atoms with E-state index in [1.54, 1.807) is 6.26 Å². The van der Waals surface area contributed by atoms with Gasteiger partial charge in [-0.25, -0.2) is 0 Å². The third-order valence-electron chi connectivity index (χ3n) is 4.33. The van der Waals surface area contributed by atoms with Gasteiger partial charge in [0.2, 0.25) is 0 Å². The van der Waals surface area contributed by atoms with Crippen molar-refractivity contribution in [3.05, 3.63) is 24.2 Å². The third kappa shape index (κ3) is 3.61. The molecule has 0 saturated heterocycles. The maximum Gasteiger partial charge on any atom is 0.0934 e. The first-order chi connectivity index (χ1) is 8.83. The van der Waals surface area contributed by atoms with Crippen LogP contribution in [0.4, 0.5) is 0 Å². The largest absolute Gasteiger partial charge is 0.472 e. The minimum atomic E-state index is 0.706. The topological polar surface area (TPSA) is 25.2 Å². The van der Waals surface area contributed by atoms with Crippen molar-refractivity contribution in [3.63, 3.8) is 0 Å². The molecule has 1 aliphatic carbocycles. The van der Waals surface area contributed by atoms with Gasteiger partial charge < -0.3 is 9.73 Å². The molecule has 0 bridgehead atoms. The summed E-state index contributed by atoms with van der Waals surface area (Å²) in [5, 5.41) is 3.68. The summed E-state index contributed by atoms with van der Waals surface area (Å²) in [5.74, 6) is 1.73. The molecule has 3 unspecified atom stereocenters. The first-order valence-electron chi connectivity index (χ1n) is 7.57. The SMILES string of the molecule is CCCC1CCC(NCC)C(Cc2ccoc2)C1. The number of furan rings is 1. The zero-order chi connectivity index (χ0) is 12.8. The number of rotatable bonds is 6. The lowest BCUT2D eigenvalue weighted by atomic mass is 9.74. The van der Waals surface area contributed by atoms with Crippen LogP contribution in [0, 0.1) is 11.8 Å². The first kappa shape index (κ1) is 13.7. The minimum absolute atomic E-state index is 0.706. The van der Waals surface area contributed by atoms with Gasteiger partial charge in [-0.15, -0.1) is 0 Å². The zero-order valence-corrected chi connectivity index (χ0v) is 11.8. The molecule has 2 heteroatoms. The first-order valence-corrected chi connectivity index (χ1v) is 7.57. The van der Waals surface area contributed by atoms with Gasteiger partial charge in [-0.05, 0) is 55.7 Å². The Balaban J connectivity index is 1.95. The Morgan fingerprint density at radius 2 is 2.22 bits per heavy atom. The van der Waals surface area contributed by atoms with E-state index in [0.29, 0.717) is 6.04 Å². The van der Waals surface area contributed by atoms with Crippen molar-refractivity contribution in [2.75, 3.05) is 6.54 Å². The van der Waals surface area contributed by atoms with Crippen molar-refractivity contribution < 1.29 is 4.42 Å². The number of hydrogen-bond acceptors (Lipinski definition) is 2. The highest BCUT2D eigenvalue weighted by molar-refractivity contribution is 5.07. The van der Waals surface area contributed by atoms with Crippen molar-refractivity contribution >= 4 is 0 Å². The Hall–Kier alpha value is -0.760. The van der Waals surface area contributed by atoms with Crippen molar-refractivity contribution in [1.29, 1.82) is 0 Å². The molecule has 1 aromatic rings. The van der Waals surface area contributed by atoms with Crippen molar-refractivity contribution in [3.8, 4) is 0 Å². The summed E-state index contributed by atoms with van der Waals surface area (Å²) < 4.78 is 5.21. The molecule has 1 aliphatic rings. The Morgan fingerprint density at radius 3 is 2.89 bits per heavy atom. The lowest BCUT2D eigenvalue weighted by Crippen LogP contribution is -2.41. The van der Waals surface area contributed by atoms with Gasteiger partial charge in [0, 0.05) is 6.04 Å². The quantitative estimate of drug-likeness (QED) is 0.824. The van der Waals surface area contributed by atoms with E-state index in [1.165, 1.54) is 44.1 Å². The third-order valence-corrected chi connectivity index (χ3v) is 4.33. The van der Waals surface area contributed by atoms with Crippen LogP contribution in [0.5, 0.6) is 0 Å². The van der Waals surface area contributed by atoms with Gasteiger partial charge in [0.15, 0.2) is 0 Å². The van der Waals surface area contributed by atoms with Gasteiger partial charge in [-0.3, -0.25) is 0 Å². The van der Waals surface area contributed by atoms with Gasteiger partial charge in [0.1, 0.15) is 0 Å². The second-order valence-corrected chi connectivity index (χ2v) is 5.73. The van der Waals surface area contributed by atoms with Crippen LogP contribution in [0.15, 0.2) is 23.0 Å². The van der Waals surface area contributed by atoms with Crippen molar-refractivity contribution in [1.82, 2.24) is 5.32 Å². The molecule has 3 atom stereocenters. The Labute approximate surface area is 111 Å². The van der Waals surface area contributed by atoms with Crippen LogP contribution in [0.1, 0.15) is 51.5 Å². The Morgan fingerprint density at radius 1 is 1.33 bits per heavy atom. The second-order valence-electron chi connectivity index (χ2n) is 5.73. The standard InChI is InChI=1S/C16H27NO/c1-3-5-13-6-7-16(17-4-2)15(10-13)11-14-8-9-18-12-14/h8-9,12-13,15-17H,3-7,10-11H2,1-2H3. The van der Waals surface area contributed by atoms with Gasteiger partial charge in [-0.1, -0.05) is 26.7 Å². The van der Waals surface area contributed by atoms with Crippen LogP contribution in [0.25, 0.3) is 0 Å². The fourth-order valence-corrected chi connectivity index (χ4v) is 3.50. The molecule has 2 nitrogen and oxygen atoms in total. The summed E-state index contributed by atoms with van der Waals surface area (Å²) in [6.07, 6.45) is 11.8. The van der Waals surface area contributed by atoms with Gasteiger partial charge >= 0.3 is 0 Å². The Kier molecular flexibility index (Phi) is 5.30. The predicted molar refractivity (Wildman–Crippen MR) is 75.6 cm³/mol. The highest BCUT2D eigenvalue weighted by Gasteiger charge is 2.29. The smallest absolute Gasteiger partial charge is 0.0934 e. The monoisotopic (exact) mass is 249 g/mol. The van der Waals surface area contributed by atoms with E-state index in [-0.39, 0.29) is 0 Å². The second kappa shape index (κ2) is 6.98. The van der Waals surface area contributed by atoms with Crippen LogP contribution in [0.3, 0.4) is 0 Å². The maximum absolute atomic E-state index is 5.21. The number of hydrogen-bond donors (Lipinski definition) is 1. The van der Waals surface area contributed by atoms with E-state index >= 15 is 0 Å². The van der Waals surface area contributed by atoms with E-state index in [1.807, 2.05) is 6.26 Å². The normalized spacial score (nSPS) is 28.4. The van der Waals surface area contributed by atoms with E-state index in [0.717, 1.165) is 18.4 Å². The van der Waals surface area contributed by atoms with Crippen molar-refractivity contribution in [2.24, 2.45) is 11.8 Å². The molecule has 1 aromatic heterocycles. The molecule has 1 heterocycles. The lowest BCUT2D eigenvalue weighted by molar-refractivity contribution is 0.195. The fourth-order valence-electron chi connectivity index (χ4n) is 3.50. The van der Waals surface area contributed by atoms with Crippen LogP contribution >= 0.6 is 0 Å². The molecule has 0 amide bonds. The van der Waals surface area contributed by atoms with E-state index in [4.69, 9.17) is 4.42 Å². The van der Waals surface area contributed by atoms with Crippen LogP contribution in [-0.2, 0) is 6.42 Å². The van der Waals surface area contributed by atoms with Gasteiger partial charge in [-0.2, -0.15) is 0 Å². The minimum Gasteiger partial charge on any atom is -0.472 e. The molecule has 18 heavy (non-hydrogen) atoms. The van der Waals surface area contributed by atoms with E-state index in [9.17, 15) is 0 Å². The summed E-state index contributed by atoms with van der Waals surface area (Å²) in [6.45, 7) is 5.61. The average Bonchev–Trinajstić information content (AvgIpc) is 2.86. The predicted octanol–water partition coefficient (Wildman–Crippen LogP) is 4.02. The molecular weight excluding hydrogens is 222 g/mol. The summed E-state index contributed by atoms with van der Waals surface area (Å²) >= 11 is 0. The van der Waals surface area contributed by atoms with E-state index in [2.05, 4.69) is 25.2 Å². The summed E-state index contributed by atoms with van der Waals surface area (Å²) in [4.78, 5) is 0. The lowest BCUT2D eigenvalue weighted by Gasteiger charge is -2.36. The molecule has 0 radical (unpaired) electrons. The van der Waals surface area contributed by atoms with Crippen molar-refractivity contribution in [2.45, 2.75) is 58.4 Å². The van der Waals surface area contributed by atoms with Crippen LogP contribution < -0.4 is 5.32 Å². The highest BCUT2D eigenvalue weighted by atomic mass is 16.3. The molecule has 1 saturated carbocycles. The molecule has 0 aromatic carbocycles. The zero-order valence-electron chi connectivity index (χ0n) is 11.8. The van der Waals surface area contributed by atoms with Crippen LogP contribution in [-0.4, -0.2) is 12.6 Å². The summed E-state index contributed by atoms with van der Waals surface area (Å²) in [7, 11) is 0. The van der Waals surface area contributed by atoms with Gasteiger partial charge in [0.25, 0.3) is 0 Å². The molecular formula is C16H27NO. The van der Waals surface area contributed by atoms with E-state index < -0.39 is 0 Å².